The van der Waals surface area contributed by atoms with Crippen LogP contribution in [0.15, 0.2) is 0 Å². The van der Waals surface area contributed by atoms with Crippen molar-refractivity contribution in [1.29, 1.82) is 0 Å². The smallest absolute Gasteiger partial charge is 0.266 e. The zero-order valence-electron chi connectivity index (χ0n) is 11.8. The lowest BCUT2D eigenvalue weighted by Gasteiger charge is -1.92. The molecule has 8 N–H and O–H groups in total. The Morgan fingerprint density at radius 1 is 0.944 bits per heavy atom. The standard InChI is InChI=1S/C3H9NO3S.3C2H6O.H3N/c1-4-2-3-8(5,6)7;3*1-2-3;/h4H,2-3H2,1H3,(H,5,6,7);3*3H,2H2,1H3;1H3. The molecule has 0 unspecified atom stereocenters. The van der Waals surface area contributed by atoms with Crippen molar-refractivity contribution in [3.8, 4) is 0 Å². The molecule has 0 aromatic carbocycles. The Morgan fingerprint density at radius 2 is 1.17 bits per heavy atom. The summed E-state index contributed by atoms with van der Waals surface area (Å²) in [6.07, 6.45) is 0. The fraction of sp³-hybridized carbons (Fsp3) is 1.00. The lowest BCUT2D eigenvalue weighted by atomic mass is 10.8. The van der Waals surface area contributed by atoms with E-state index in [2.05, 4.69) is 5.32 Å². The molecule has 0 bridgehead atoms. The van der Waals surface area contributed by atoms with Crippen molar-refractivity contribution in [3.63, 3.8) is 0 Å². The molecular formula is C9H30N2O6S. The summed E-state index contributed by atoms with van der Waals surface area (Å²) in [6.45, 7) is 6.08. The van der Waals surface area contributed by atoms with Gasteiger partial charge in [-0.05, 0) is 27.8 Å². The van der Waals surface area contributed by atoms with E-state index in [4.69, 9.17) is 19.9 Å². The van der Waals surface area contributed by atoms with E-state index < -0.39 is 10.1 Å². The van der Waals surface area contributed by atoms with Crippen LogP contribution in [0.2, 0.25) is 0 Å². The second-order valence-electron chi connectivity index (χ2n) is 2.34. The van der Waals surface area contributed by atoms with Crippen LogP contribution in [0.3, 0.4) is 0 Å². The van der Waals surface area contributed by atoms with Crippen molar-refractivity contribution in [3.05, 3.63) is 0 Å². The minimum Gasteiger partial charge on any atom is -0.397 e. The van der Waals surface area contributed by atoms with E-state index in [1.165, 1.54) is 0 Å². The highest BCUT2D eigenvalue weighted by atomic mass is 32.2. The Kier molecular flexibility index (Phi) is 51.1. The summed E-state index contributed by atoms with van der Waals surface area (Å²) in [5.41, 5.74) is 0. The first-order chi connectivity index (χ1) is 7.80. The van der Waals surface area contributed by atoms with Gasteiger partial charge in [-0.2, -0.15) is 8.42 Å². The lowest BCUT2D eigenvalue weighted by Crippen LogP contribution is -2.18. The molecule has 0 radical (unpaired) electrons. The molecule has 0 aliphatic rings. The number of nitrogens with one attached hydrogen (secondary N) is 1. The maximum atomic E-state index is 9.91. The van der Waals surface area contributed by atoms with Crippen LogP contribution in [0.5, 0.6) is 0 Å². The predicted octanol–water partition coefficient (Wildman–Crippen LogP) is -0.749. The SMILES string of the molecule is CCO.CCO.CCO.CNCCS(=O)(=O)O.N. The zero-order chi connectivity index (χ0) is 14.7. The Hall–Kier alpha value is -0.290. The minimum absolute atomic E-state index is 0. The molecule has 0 aliphatic carbocycles. The van der Waals surface area contributed by atoms with Crippen LogP contribution in [0.25, 0.3) is 0 Å². The normalized spacial score (nSPS) is 8.22. The Bertz CT molecular complexity index is 183. The van der Waals surface area contributed by atoms with E-state index in [1.807, 2.05) is 0 Å². The molecular weight excluding hydrogens is 264 g/mol. The van der Waals surface area contributed by atoms with Gasteiger partial charge in [0, 0.05) is 26.4 Å². The highest BCUT2D eigenvalue weighted by Crippen LogP contribution is 1.76. The van der Waals surface area contributed by atoms with Gasteiger partial charge in [0.05, 0.1) is 5.75 Å². The molecule has 0 amide bonds. The highest BCUT2D eigenvalue weighted by molar-refractivity contribution is 7.85. The molecule has 0 atom stereocenters. The van der Waals surface area contributed by atoms with Crippen molar-refractivity contribution in [2.45, 2.75) is 20.8 Å². The minimum atomic E-state index is -3.75. The van der Waals surface area contributed by atoms with Crippen molar-refractivity contribution in [1.82, 2.24) is 11.5 Å². The van der Waals surface area contributed by atoms with Crippen molar-refractivity contribution in [2.75, 3.05) is 39.2 Å². The summed E-state index contributed by atoms with van der Waals surface area (Å²) >= 11 is 0. The number of rotatable bonds is 3. The topological polar surface area (TPSA) is 162 Å². The van der Waals surface area contributed by atoms with E-state index in [1.54, 1.807) is 27.8 Å². The number of aliphatic hydroxyl groups is 3. The highest BCUT2D eigenvalue weighted by Gasteiger charge is 1.99. The molecule has 0 aromatic heterocycles. The number of hydrogen-bond acceptors (Lipinski definition) is 7. The molecule has 0 saturated heterocycles. The van der Waals surface area contributed by atoms with Gasteiger partial charge in [0.25, 0.3) is 10.1 Å². The summed E-state index contributed by atoms with van der Waals surface area (Å²) < 4.78 is 27.9. The van der Waals surface area contributed by atoms with Gasteiger partial charge in [-0.3, -0.25) is 4.55 Å². The number of aliphatic hydroxyl groups excluding tert-OH is 3. The summed E-state index contributed by atoms with van der Waals surface area (Å²) in [5.74, 6) is -0.219. The van der Waals surface area contributed by atoms with Gasteiger partial charge in [0.15, 0.2) is 0 Å². The molecule has 0 heterocycles. The zero-order valence-corrected chi connectivity index (χ0v) is 12.6. The van der Waals surface area contributed by atoms with Crippen LogP contribution in [-0.2, 0) is 10.1 Å². The molecule has 0 rings (SSSR count). The maximum absolute atomic E-state index is 9.91. The lowest BCUT2D eigenvalue weighted by molar-refractivity contribution is 0.318. The summed E-state index contributed by atoms with van der Waals surface area (Å²) in [4.78, 5) is 0. The van der Waals surface area contributed by atoms with Gasteiger partial charge in [-0.15, -0.1) is 0 Å². The van der Waals surface area contributed by atoms with Crippen molar-refractivity contribution < 1.29 is 28.3 Å². The third kappa shape index (κ3) is 153. The second-order valence-corrected chi connectivity index (χ2v) is 3.91. The monoisotopic (exact) mass is 294 g/mol. The second kappa shape index (κ2) is 30.1. The first-order valence-electron chi connectivity index (χ1n) is 5.23. The molecule has 18 heavy (non-hydrogen) atoms. The third-order valence-corrected chi connectivity index (χ3v) is 1.33. The molecule has 118 valence electrons. The average Bonchev–Trinajstić information content (AvgIpc) is 2.17. The van der Waals surface area contributed by atoms with Gasteiger partial charge in [0.1, 0.15) is 0 Å². The third-order valence-electron chi connectivity index (χ3n) is 0.610. The summed E-state index contributed by atoms with van der Waals surface area (Å²) in [7, 11) is -2.13. The van der Waals surface area contributed by atoms with E-state index in [9.17, 15) is 8.42 Å². The van der Waals surface area contributed by atoms with Crippen LogP contribution in [0.1, 0.15) is 20.8 Å². The maximum Gasteiger partial charge on any atom is 0.266 e. The fourth-order valence-corrected chi connectivity index (χ4v) is 0.693. The molecule has 0 saturated carbocycles. The summed E-state index contributed by atoms with van der Waals surface area (Å²) in [6, 6.07) is 0. The van der Waals surface area contributed by atoms with Gasteiger partial charge in [-0.1, -0.05) is 0 Å². The molecule has 0 spiro atoms. The van der Waals surface area contributed by atoms with Crippen LogP contribution >= 0.6 is 0 Å². The molecule has 8 nitrogen and oxygen atoms in total. The molecule has 0 aliphatic heterocycles. The first-order valence-corrected chi connectivity index (χ1v) is 6.84. The Labute approximate surface area is 110 Å². The van der Waals surface area contributed by atoms with Gasteiger partial charge in [0.2, 0.25) is 0 Å². The quantitative estimate of drug-likeness (QED) is 0.370. The first kappa shape index (κ1) is 30.6. The largest absolute Gasteiger partial charge is 0.397 e. The Balaban J connectivity index is -0.0000000477. The van der Waals surface area contributed by atoms with E-state index in [-0.39, 0.29) is 31.7 Å². The van der Waals surface area contributed by atoms with Crippen LogP contribution in [0, 0.1) is 0 Å². The van der Waals surface area contributed by atoms with Gasteiger partial charge in [-0.25, -0.2) is 0 Å². The van der Waals surface area contributed by atoms with Crippen LogP contribution in [-0.4, -0.2) is 67.5 Å². The van der Waals surface area contributed by atoms with Crippen molar-refractivity contribution >= 4 is 10.1 Å². The molecule has 0 aromatic rings. The molecule has 9 heteroatoms. The van der Waals surface area contributed by atoms with Crippen LogP contribution < -0.4 is 11.5 Å². The average molecular weight is 294 g/mol. The van der Waals surface area contributed by atoms with E-state index in [0.717, 1.165) is 0 Å². The fourth-order valence-electron chi connectivity index (χ4n) is 0.231. The van der Waals surface area contributed by atoms with Gasteiger partial charge < -0.3 is 26.8 Å². The van der Waals surface area contributed by atoms with E-state index >= 15 is 0 Å². The van der Waals surface area contributed by atoms with Crippen molar-refractivity contribution in [2.24, 2.45) is 0 Å². The predicted molar refractivity (Wildman–Crippen MR) is 73.6 cm³/mol. The van der Waals surface area contributed by atoms with E-state index in [0.29, 0.717) is 6.54 Å². The van der Waals surface area contributed by atoms with Gasteiger partial charge >= 0.3 is 0 Å². The van der Waals surface area contributed by atoms with Crippen LogP contribution in [0.4, 0.5) is 0 Å². The number of hydrogen-bond donors (Lipinski definition) is 6. The summed E-state index contributed by atoms with van der Waals surface area (Å²) in [5, 5.41) is 25.3. The Morgan fingerprint density at radius 3 is 1.22 bits per heavy atom. The molecule has 0 fully saturated rings.